The molecule has 1 aliphatic heterocycles. The molecule has 2 N–H and O–H groups in total. The van der Waals surface area contributed by atoms with Crippen molar-refractivity contribution in [2.24, 2.45) is 11.7 Å². The number of nitrogens with two attached hydrogens (primary N) is 1. The predicted molar refractivity (Wildman–Crippen MR) is 90.2 cm³/mol. The summed E-state index contributed by atoms with van der Waals surface area (Å²) in [7, 11) is -3.51. The highest BCUT2D eigenvalue weighted by atomic mass is 35.5. The molecule has 2 rings (SSSR count). The quantitative estimate of drug-likeness (QED) is 0.804. The van der Waals surface area contributed by atoms with Crippen LogP contribution < -0.4 is 5.73 Å². The maximum absolute atomic E-state index is 12.6. The molecule has 1 saturated heterocycles. The average molecular weight is 363 g/mol. The fraction of sp³-hybridized carbons (Fsp3) is 0.533. The van der Waals surface area contributed by atoms with Crippen molar-refractivity contribution < 1.29 is 17.9 Å². The van der Waals surface area contributed by atoms with E-state index in [1.54, 1.807) is 6.92 Å². The van der Waals surface area contributed by atoms with Gasteiger partial charge in [0.1, 0.15) is 0 Å². The monoisotopic (exact) mass is 362 g/mol. The number of benzene rings is 1. The van der Waals surface area contributed by atoms with Gasteiger partial charge in [0.05, 0.1) is 17.1 Å². The van der Waals surface area contributed by atoms with Gasteiger partial charge in [-0.15, -0.1) is 12.4 Å². The number of carbonyl (C=O) groups is 1. The SMILES string of the molecule is CCOC(=O)c1ccc(S(=O)(=O)N2CCC(CN)CC2)cc1.Cl. The van der Waals surface area contributed by atoms with E-state index in [4.69, 9.17) is 10.5 Å². The first kappa shape index (κ1) is 19.9. The van der Waals surface area contributed by atoms with Crippen LogP contribution in [0.15, 0.2) is 29.2 Å². The molecule has 8 heteroatoms. The van der Waals surface area contributed by atoms with Crippen molar-refractivity contribution in [1.82, 2.24) is 4.31 Å². The lowest BCUT2D eigenvalue weighted by molar-refractivity contribution is 0.0526. The second-order valence-electron chi connectivity index (χ2n) is 5.33. The van der Waals surface area contributed by atoms with Crippen LogP contribution in [-0.2, 0) is 14.8 Å². The summed E-state index contributed by atoms with van der Waals surface area (Å²) in [6, 6.07) is 5.88. The molecule has 130 valence electrons. The van der Waals surface area contributed by atoms with Crippen LogP contribution in [0.3, 0.4) is 0 Å². The number of piperidine rings is 1. The lowest BCUT2D eigenvalue weighted by Gasteiger charge is -2.30. The Kier molecular flexibility index (Phi) is 7.47. The third-order valence-corrected chi connectivity index (χ3v) is 5.82. The van der Waals surface area contributed by atoms with Gasteiger partial charge in [-0.1, -0.05) is 0 Å². The molecule has 1 aliphatic rings. The number of rotatable bonds is 5. The first-order chi connectivity index (χ1) is 10.5. The third kappa shape index (κ3) is 4.67. The van der Waals surface area contributed by atoms with Gasteiger partial charge in [-0.2, -0.15) is 4.31 Å². The second-order valence-corrected chi connectivity index (χ2v) is 7.27. The normalized spacial score (nSPS) is 16.6. The van der Waals surface area contributed by atoms with Crippen molar-refractivity contribution in [3.8, 4) is 0 Å². The number of nitrogens with zero attached hydrogens (tertiary/aromatic N) is 1. The van der Waals surface area contributed by atoms with Gasteiger partial charge in [-0.05, 0) is 56.5 Å². The van der Waals surface area contributed by atoms with Gasteiger partial charge in [0.2, 0.25) is 10.0 Å². The van der Waals surface area contributed by atoms with Crippen LogP contribution in [0, 0.1) is 5.92 Å². The number of ether oxygens (including phenoxy) is 1. The molecule has 1 aromatic carbocycles. The van der Waals surface area contributed by atoms with Crippen molar-refractivity contribution >= 4 is 28.4 Å². The lowest BCUT2D eigenvalue weighted by Crippen LogP contribution is -2.40. The molecule has 1 fully saturated rings. The highest BCUT2D eigenvalue weighted by molar-refractivity contribution is 7.89. The molecule has 0 atom stereocenters. The van der Waals surface area contributed by atoms with Crippen LogP contribution in [0.25, 0.3) is 0 Å². The molecule has 0 spiro atoms. The topological polar surface area (TPSA) is 89.7 Å². The van der Waals surface area contributed by atoms with E-state index in [1.807, 2.05) is 0 Å². The van der Waals surface area contributed by atoms with Crippen LogP contribution in [0.4, 0.5) is 0 Å². The molecule has 0 saturated carbocycles. The molecule has 1 heterocycles. The standard InChI is InChI=1S/C15H22N2O4S.ClH/c1-2-21-15(18)13-3-5-14(6-4-13)22(19,20)17-9-7-12(11-16)8-10-17;/h3-6,12H,2,7-11,16H2,1H3;1H. The van der Waals surface area contributed by atoms with Crippen LogP contribution in [-0.4, -0.2) is 44.9 Å². The van der Waals surface area contributed by atoms with Gasteiger partial charge in [-0.3, -0.25) is 0 Å². The van der Waals surface area contributed by atoms with Crippen molar-refractivity contribution in [2.75, 3.05) is 26.2 Å². The molecule has 0 amide bonds. The summed E-state index contributed by atoms with van der Waals surface area (Å²) < 4.78 is 31.5. The van der Waals surface area contributed by atoms with E-state index in [1.165, 1.54) is 28.6 Å². The van der Waals surface area contributed by atoms with Gasteiger partial charge in [-0.25, -0.2) is 13.2 Å². The van der Waals surface area contributed by atoms with Crippen molar-refractivity contribution in [3.05, 3.63) is 29.8 Å². The molecule has 23 heavy (non-hydrogen) atoms. The van der Waals surface area contributed by atoms with Gasteiger partial charge in [0, 0.05) is 13.1 Å². The molecular formula is C15H23ClN2O4S. The number of halogens is 1. The number of hydrogen-bond donors (Lipinski definition) is 1. The van der Waals surface area contributed by atoms with Gasteiger partial charge in [0.15, 0.2) is 0 Å². The molecular weight excluding hydrogens is 340 g/mol. The first-order valence-corrected chi connectivity index (χ1v) is 8.90. The summed E-state index contributed by atoms with van der Waals surface area (Å²) >= 11 is 0. The number of carbonyl (C=O) groups excluding carboxylic acids is 1. The zero-order chi connectivity index (χ0) is 16.2. The van der Waals surface area contributed by atoms with E-state index < -0.39 is 16.0 Å². The lowest BCUT2D eigenvalue weighted by atomic mass is 9.99. The average Bonchev–Trinajstić information content (AvgIpc) is 2.55. The first-order valence-electron chi connectivity index (χ1n) is 7.46. The van der Waals surface area contributed by atoms with Crippen LogP contribution >= 0.6 is 12.4 Å². The predicted octanol–water partition coefficient (Wildman–Crippen LogP) is 1.64. The van der Waals surface area contributed by atoms with Gasteiger partial charge in [0.25, 0.3) is 0 Å². The molecule has 6 nitrogen and oxygen atoms in total. The summed E-state index contributed by atoms with van der Waals surface area (Å²) in [5, 5.41) is 0. The van der Waals surface area contributed by atoms with E-state index in [2.05, 4.69) is 0 Å². The van der Waals surface area contributed by atoms with Crippen LogP contribution in [0.2, 0.25) is 0 Å². The van der Waals surface area contributed by atoms with Crippen molar-refractivity contribution in [2.45, 2.75) is 24.7 Å². The third-order valence-electron chi connectivity index (χ3n) is 3.91. The Bertz CT molecular complexity index is 611. The molecule has 1 aromatic rings. The van der Waals surface area contributed by atoms with Crippen molar-refractivity contribution in [1.29, 1.82) is 0 Å². The van der Waals surface area contributed by atoms with Crippen LogP contribution in [0.1, 0.15) is 30.1 Å². The molecule has 0 bridgehead atoms. The Hall–Kier alpha value is -1.15. The Morgan fingerprint density at radius 3 is 2.30 bits per heavy atom. The fourth-order valence-electron chi connectivity index (χ4n) is 2.51. The highest BCUT2D eigenvalue weighted by Crippen LogP contribution is 2.23. The molecule has 0 aliphatic carbocycles. The molecule has 0 unspecified atom stereocenters. The smallest absolute Gasteiger partial charge is 0.338 e. The van der Waals surface area contributed by atoms with E-state index in [-0.39, 0.29) is 23.9 Å². The summed E-state index contributed by atoms with van der Waals surface area (Å²) in [5.41, 5.74) is 5.98. The van der Waals surface area contributed by atoms with Gasteiger partial charge < -0.3 is 10.5 Å². The summed E-state index contributed by atoms with van der Waals surface area (Å²) in [5.74, 6) is -0.0483. The maximum Gasteiger partial charge on any atom is 0.338 e. The minimum absolute atomic E-state index is 0. The van der Waals surface area contributed by atoms with Gasteiger partial charge >= 0.3 is 5.97 Å². The Morgan fingerprint density at radius 2 is 1.83 bits per heavy atom. The number of hydrogen-bond acceptors (Lipinski definition) is 5. The fourth-order valence-corrected chi connectivity index (χ4v) is 3.98. The zero-order valence-corrected chi connectivity index (χ0v) is 14.7. The Morgan fingerprint density at radius 1 is 1.26 bits per heavy atom. The maximum atomic E-state index is 12.6. The minimum atomic E-state index is -3.51. The second kappa shape index (κ2) is 8.63. The van der Waals surface area contributed by atoms with E-state index in [9.17, 15) is 13.2 Å². The Balaban J connectivity index is 0.00000264. The van der Waals surface area contributed by atoms with Crippen LogP contribution in [0.5, 0.6) is 0 Å². The zero-order valence-electron chi connectivity index (χ0n) is 13.1. The minimum Gasteiger partial charge on any atom is -0.462 e. The largest absolute Gasteiger partial charge is 0.462 e. The van der Waals surface area contributed by atoms with E-state index in [0.717, 1.165) is 12.8 Å². The summed E-state index contributed by atoms with van der Waals surface area (Å²) in [4.78, 5) is 11.8. The Labute approximate surface area is 143 Å². The number of esters is 1. The summed E-state index contributed by atoms with van der Waals surface area (Å²) in [6.07, 6.45) is 1.58. The van der Waals surface area contributed by atoms with Crippen molar-refractivity contribution in [3.63, 3.8) is 0 Å². The van der Waals surface area contributed by atoms with E-state index >= 15 is 0 Å². The number of sulfonamides is 1. The molecule has 0 aromatic heterocycles. The molecule has 0 radical (unpaired) electrons. The van der Waals surface area contributed by atoms with E-state index in [0.29, 0.717) is 31.1 Å². The summed E-state index contributed by atoms with van der Waals surface area (Å²) in [6.45, 7) is 3.59. The highest BCUT2D eigenvalue weighted by Gasteiger charge is 2.28.